The Morgan fingerprint density at radius 1 is 1.33 bits per heavy atom. The van der Waals surface area contributed by atoms with Gasteiger partial charge in [-0.15, -0.1) is 0 Å². The molecule has 130 valence electrons. The minimum atomic E-state index is -0.771. The van der Waals surface area contributed by atoms with Crippen molar-refractivity contribution in [1.82, 2.24) is 10.6 Å². The van der Waals surface area contributed by atoms with E-state index in [1.807, 2.05) is 6.92 Å². The smallest absolute Gasteiger partial charge is 0.319 e. The number of urea groups is 1. The fraction of sp³-hybridized carbons (Fsp3) is 0.375. The minimum absolute atomic E-state index is 0.274. The molecule has 0 radical (unpaired) electrons. The molecule has 0 spiro atoms. The highest BCUT2D eigenvalue weighted by molar-refractivity contribution is 9.10. The molecular weight excluding hydrogens is 380 g/mol. The van der Waals surface area contributed by atoms with E-state index in [9.17, 15) is 9.59 Å². The Bertz CT molecular complexity index is 677. The molecule has 1 aliphatic rings. The van der Waals surface area contributed by atoms with Crippen LogP contribution < -0.4 is 20.1 Å². The maximum absolute atomic E-state index is 12.2. The zero-order chi connectivity index (χ0) is 17.9. The van der Waals surface area contributed by atoms with E-state index in [1.54, 1.807) is 12.1 Å². The van der Waals surface area contributed by atoms with Crippen molar-refractivity contribution in [3.8, 4) is 11.5 Å². The fourth-order valence-corrected chi connectivity index (χ4v) is 3.13. The van der Waals surface area contributed by atoms with Crippen LogP contribution in [-0.2, 0) is 9.53 Å². The number of benzene rings is 1. The maximum Gasteiger partial charge on any atom is 0.319 e. The number of halogens is 1. The third-order valence-electron chi connectivity index (χ3n) is 3.64. The quantitative estimate of drug-likeness (QED) is 0.744. The van der Waals surface area contributed by atoms with Gasteiger partial charge in [0.15, 0.2) is 11.5 Å². The highest BCUT2D eigenvalue weighted by atomic mass is 79.9. The summed E-state index contributed by atoms with van der Waals surface area (Å²) in [5, 5.41) is 5.25. The molecule has 1 aliphatic heterocycles. The van der Waals surface area contributed by atoms with E-state index in [-0.39, 0.29) is 5.70 Å². The zero-order valence-corrected chi connectivity index (χ0v) is 15.2. The molecule has 0 aliphatic carbocycles. The summed E-state index contributed by atoms with van der Waals surface area (Å²) in [6, 6.07) is 2.36. The van der Waals surface area contributed by atoms with Gasteiger partial charge in [0, 0.05) is 10.2 Å². The van der Waals surface area contributed by atoms with Crippen LogP contribution in [0, 0.1) is 5.92 Å². The molecule has 2 atom stereocenters. The number of carbonyl (C=O) groups excluding carboxylic acids is 2. The fourth-order valence-electron chi connectivity index (χ4n) is 2.57. The van der Waals surface area contributed by atoms with Crippen molar-refractivity contribution < 1.29 is 23.8 Å². The predicted octanol–water partition coefficient (Wildman–Crippen LogP) is 2.51. The first-order chi connectivity index (χ1) is 11.4. The number of carbonyl (C=O) groups is 2. The molecule has 24 heavy (non-hydrogen) atoms. The predicted molar refractivity (Wildman–Crippen MR) is 90.9 cm³/mol. The highest BCUT2D eigenvalue weighted by Crippen LogP contribution is 2.40. The Morgan fingerprint density at radius 2 is 2.04 bits per heavy atom. The van der Waals surface area contributed by atoms with Gasteiger partial charge < -0.3 is 24.8 Å². The van der Waals surface area contributed by atoms with Crippen LogP contribution in [0.25, 0.3) is 0 Å². The molecule has 2 rings (SSSR count). The normalized spacial score (nSPS) is 20.0. The molecule has 0 saturated carbocycles. The van der Waals surface area contributed by atoms with E-state index >= 15 is 0 Å². The van der Waals surface area contributed by atoms with Crippen molar-refractivity contribution in [1.29, 1.82) is 0 Å². The van der Waals surface area contributed by atoms with Crippen LogP contribution in [0.5, 0.6) is 11.5 Å². The van der Waals surface area contributed by atoms with Gasteiger partial charge in [-0.25, -0.2) is 4.79 Å². The van der Waals surface area contributed by atoms with E-state index in [2.05, 4.69) is 33.1 Å². The Morgan fingerprint density at radius 3 is 2.62 bits per heavy atom. The number of ether oxygens (including phenoxy) is 3. The first-order valence-electron chi connectivity index (χ1n) is 7.27. The van der Waals surface area contributed by atoms with Gasteiger partial charge in [-0.05, 0) is 24.6 Å². The summed E-state index contributed by atoms with van der Waals surface area (Å²) in [5.41, 5.74) is 0.932. The molecule has 0 unspecified atom stereocenters. The molecule has 1 aromatic carbocycles. The van der Waals surface area contributed by atoms with Crippen LogP contribution in [0.1, 0.15) is 18.5 Å². The van der Waals surface area contributed by atoms with Crippen molar-refractivity contribution >= 4 is 27.9 Å². The SMILES string of the molecule is C=C1NC(=O)N[C@H](c2cc(OCC)c(OC)cc2Br)[C@H]1C(=O)OC. The van der Waals surface area contributed by atoms with Gasteiger partial charge in [0.25, 0.3) is 0 Å². The summed E-state index contributed by atoms with van der Waals surface area (Å²) in [5.74, 6) is -0.216. The number of hydrogen-bond acceptors (Lipinski definition) is 5. The monoisotopic (exact) mass is 398 g/mol. The van der Waals surface area contributed by atoms with Crippen LogP contribution in [0.2, 0.25) is 0 Å². The molecule has 8 heteroatoms. The van der Waals surface area contributed by atoms with E-state index in [0.29, 0.717) is 28.1 Å². The van der Waals surface area contributed by atoms with Gasteiger partial charge >= 0.3 is 12.0 Å². The summed E-state index contributed by atoms with van der Waals surface area (Å²) >= 11 is 3.46. The molecule has 1 saturated heterocycles. The molecule has 0 aromatic heterocycles. The molecule has 1 aromatic rings. The van der Waals surface area contributed by atoms with Crippen molar-refractivity contribution in [3.63, 3.8) is 0 Å². The second kappa shape index (κ2) is 7.57. The standard InChI is InChI=1S/C16H19BrN2O5/c1-5-24-12-6-9(10(17)7-11(12)22-3)14-13(15(20)23-4)8(2)18-16(21)19-14/h6-7,13-14H,2,5H2,1,3-4H3,(H2,18,19,21)/t13-,14+/m0/s1. The van der Waals surface area contributed by atoms with Crippen LogP contribution >= 0.6 is 15.9 Å². The average Bonchev–Trinajstić information content (AvgIpc) is 2.54. The van der Waals surface area contributed by atoms with Crippen LogP contribution in [-0.4, -0.2) is 32.8 Å². The molecular formula is C16H19BrN2O5. The van der Waals surface area contributed by atoms with Gasteiger partial charge in [0.2, 0.25) is 0 Å². The highest BCUT2D eigenvalue weighted by Gasteiger charge is 2.39. The lowest BCUT2D eigenvalue weighted by Crippen LogP contribution is -2.51. The molecule has 2 amide bonds. The number of nitrogens with one attached hydrogen (secondary N) is 2. The summed E-state index contributed by atoms with van der Waals surface area (Å²) in [6.45, 7) is 6.07. The molecule has 1 fully saturated rings. The number of methoxy groups -OCH3 is 2. The molecule has 2 N–H and O–H groups in total. The number of amides is 2. The van der Waals surface area contributed by atoms with Gasteiger partial charge in [-0.1, -0.05) is 22.5 Å². The van der Waals surface area contributed by atoms with Gasteiger partial charge in [0.1, 0.15) is 5.92 Å². The minimum Gasteiger partial charge on any atom is -0.493 e. The Kier molecular flexibility index (Phi) is 5.71. The zero-order valence-electron chi connectivity index (χ0n) is 13.6. The van der Waals surface area contributed by atoms with Crippen molar-refractivity contribution in [2.45, 2.75) is 13.0 Å². The number of esters is 1. The first-order valence-corrected chi connectivity index (χ1v) is 8.06. The van der Waals surface area contributed by atoms with E-state index in [1.165, 1.54) is 14.2 Å². The average molecular weight is 399 g/mol. The topological polar surface area (TPSA) is 85.9 Å². The Labute approximate surface area is 148 Å². The molecule has 1 heterocycles. The van der Waals surface area contributed by atoms with Crippen LogP contribution in [0.15, 0.2) is 28.9 Å². The summed E-state index contributed by atoms with van der Waals surface area (Å²) < 4.78 is 16.4. The largest absolute Gasteiger partial charge is 0.493 e. The van der Waals surface area contributed by atoms with E-state index in [4.69, 9.17) is 14.2 Å². The van der Waals surface area contributed by atoms with E-state index < -0.39 is 24.0 Å². The third kappa shape index (κ3) is 3.48. The summed E-state index contributed by atoms with van der Waals surface area (Å²) in [7, 11) is 2.83. The maximum atomic E-state index is 12.2. The Balaban J connectivity index is 2.53. The van der Waals surface area contributed by atoms with E-state index in [0.717, 1.165) is 0 Å². The Hall–Kier alpha value is -2.22. The van der Waals surface area contributed by atoms with Gasteiger partial charge in [-0.3, -0.25) is 4.79 Å². The lowest BCUT2D eigenvalue weighted by Gasteiger charge is -2.33. The van der Waals surface area contributed by atoms with Gasteiger partial charge in [-0.2, -0.15) is 0 Å². The molecule has 7 nitrogen and oxygen atoms in total. The second-order valence-electron chi connectivity index (χ2n) is 5.06. The lowest BCUT2D eigenvalue weighted by molar-refractivity contribution is -0.145. The first kappa shape index (κ1) is 18.1. The van der Waals surface area contributed by atoms with Crippen molar-refractivity contribution in [2.24, 2.45) is 5.92 Å². The van der Waals surface area contributed by atoms with Crippen LogP contribution in [0.4, 0.5) is 4.79 Å². The summed E-state index contributed by atoms with van der Waals surface area (Å²) in [6.07, 6.45) is 0. The number of rotatable bonds is 5. The third-order valence-corrected chi connectivity index (χ3v) is 4.33. The lowest BCUT2D eigenvalue weighted by atomic mass is 9.89. The van der Waals surface area contributed by atoms with Gasteiger partial charge in [0.05, 0.1) is 26.9 Å². The van der Waals surface area contributed by atoms with Crippen molar-refractivity contribution in [3.05, 3.63) is 34.4 Å². The van der Waals surface area contributed by atoms with Crippen molar-refractivity contribution in [2.75, 3.05) is 20.8 Å². The summed E-state index contributed by atoms with van der Waals surface area (Å²) in [4.78, 5) is 24.0. The van der Waals surface area contributed by atoms with Crippen LogP contribution in [0.3, 0.4) is 0 Å². The second-order valence-corrected chi connectivity index (χ2v) is 5.91. The number of hydrogen-bond donors (Lipinski definition) is 2. The molecule has 0 bridgehead atoms.